The lowest BCUT2D eigenvalue weighted by Crippen LogP contribution is -2.19. The zero-order valence-corrected chi connectivity index (χ0v) is 19.9. The molecule has 0 spiro atoms. The Balaban J connectivity index is 1.34. The van der Waals surface area contributed by atoms with Crippen LogP contribution in [0.2, 0.25) is 0 Å². The van der Waals surface area contributed by atoms with Crippen molar-refractivity contribution in [2.45, 2.75) is 82.8 Å². The van der Waals surface area contributed by atoms with E-state index < -0.39 is 11.6 Å². The Morgan fingerprint density at radius 3 is 2.00 bits per heavy atom. The molecule has 0 heterocycles. The van der Waals surface area contributed by atoms with Crippen LogP contribution in [-0.2, 0) is 11.3 Å². The summed E-state index contributed by atoms with van der Waals surface area (Å²) >= 11 is 0. The first-order valence-corrected chi connectivity index (χ1v) is 12.7. The van der Waals surface area contributed by atoms with Crippen LogP contribution in [0, 0.1) is 23.4 Å². The molecule has 0 amide bonds. The van der Waals surface area contributed by atoms with E-state index in [2.05, 4.69) is 6.08 Å². The quantitative estimate of drug-likeness (QED) is 0.449. The Morgan fingerprint density at radius 1 is 0.853 bits per heavy atom. The zero-order valence-electron chi connectivity index (χ0n) is 19.9. The average Bonchev–Trinajstić information content (AvgIpc) is 2.85. The molecular formula is C29H35F3O2. The molecule has 4 rings (SSSR count). The molecule has 0 aromatic heterocycles. The van der Waals surface area contributed by atoms with E-state index in [-0.39, 0.29) is 30.4 Å². The van der Waals surface area contributed by atoms with E-state index in [9.17, 15) is 13.9 Å². The van der Waals surface area contributed by atoms with Gasteiger partial charge in [0.15, 0.2) is 11.6 Å². The molecule has 0 bridgehead atoms. The van der Waals surface area contributed by atoms with Crippen LogP contribution in [0.25, 0.3) is 6.08 Å². The van der Waals surface area contributed by atoms with Crippen molar-refractivity contribution in [1.29, 1.82) is 0 Å². The Kier molecular flexibility index (Phi) is 8.49. The van der Waals surface area contributed by atoms with Gasteiger partial charge in [-0.25, -0.2) is 13.2 Å². The maximum Gasteiger partial charge on any atom is 0.162 e. The highest BCUT2D eigenvalue weighted by molar-refractivity contribution is 5.50. The normalized spacial score (nSPS) is 25.7. The number of hydrogen-bond donors (Lipinski definition) is 1. The van der Waals surface area contributed by atoms with Crippen molar-refractivity contribution >= 4 is 6.08 Å². The second-order valence-corrected chi connectivity index (χ2v) is 9.84. The van der Waals surface area contributed by atoms with Gasteiger partial charge < -0.3 is 9.84 Å². The van der Waals surface area contributed by atoms with Crippen molar-refractivity contribution in [3.8, 4) is 0 Å². The number of benzene rings is 2. The number of rotatable bonds is 7. The molecular weight excluding hydrogens is 437 g/mol. The topological polar surface area (TPSA) is 29.5 Å². The lowest BCUT2D eigenvalue weighted by Gasteiger charge is -2.29. The fourth-order valence-corrected chi connectivity index (χ4v) is 5.46. The standard InChI is InChI=1S/C29H35F3O2/c1-2-34-18-23-10-7-20(17-27(23)30)4-3-19-5-8-21(9-6-19)25-15-16-26(29(32)28(25)31)22-11-13-24(33)14-12-22/h3-4,7,10,15-17,19,21-22,24,33H,2,5-6,8-9,11-14,18H2,1H3/b4-3+. The summed E-state index contributed by atoms with van der Waals surface area (Å²) in [4.78, 5) is 0. The first kappa shape index (κ1) is 25.0. The predicted molar refractivity (Wildman–Crippen MR) is 129 cm³/mol. The Labute approximate surface area is 200 Å². The summed E-state index contributed by atoms with van der Waals surface area (Å²) in [5.41, 5.74) is 2.33. The maximum absolute atomic E-state index is 15.0. The lowest BCUT2D eigenvalue weighted by molar-refractivity contribution is 0.122. The minimum Gasteiger partial charge on any atom is -0.393 e. The molecule has 34 heavy (non-hydrogen) atoms. The second-order valence-electron chi connectivity index (χ2n) is 9.84. The molecule has 184 valence electrons. The number of aliphatic hydroxyl groups excluding tert-OH is 1. The molecule has 2 fully saturated rings. The van der Waals surface area contributed by atoms with Crippen LogP contribution in [0.4, 0.5) is 13.2 Å². The fraction of sp³-hybridized carbons (Fsp3) is 0.517. The van der Waals surface area contributed by atoms with Crippen molar-refractivity contribution in [2.75, 3.05) is 6.61 Å². The van der Waals surface area contributed by atoms with Gasteiger partial charge in [0.2, 0.25) is 0 Å². The van der Waals surface area contributed by atoms with Crippen LogP contribution in [-0.4, -0.2) is 17.8 Å². The summed E-state index contributed by atoms with van der Waals surface area (Å²) in [6.45, 7) is 2.71. The molecule has 0 atom stereocenters. The van der Waals surface area contributed by atoms with Gasteiger partial charge in [0.05, 0.1) is 12.7 Å². The molecule has 2 aromatic carbocycles. The number of ether oxygens (including phenoxy) is 1. The predicted octanol–water partition coefficient (Wildman–Crippen LogP) is 7.65. The first-order chi connectivity index (χ1) is 16.5. The van der Waals surface area contributed by atoms with Crippen molar-refractivity contribution in [3.63, 3.8) is 0 Å². The Hall–Kier alpha value is -2.11. The number of halogens is 3. The monoisotopic (exact) mass is 472 g/mol. The summed E-state index contributed by atoms with van der Waals surface area (Å²) in [5.74, 6) is -1.28. The van der Waals surface area contributed by atoms with Crippen molar-refractivity contribution < 1.29 is 23.0 Å². The largest absolute Gasteiger partial charge is 0.393 e. The highest BCUT2D eigenvalue weighted by Gasteiger charge is 2.29. The van der Waals surface area contributed by atoms with Crippen LogP contribution in [0.3, 0.4) is 0 Å². The molecule has 1 N–H and O–H groups in total. The van der Waals surface area contributed by atoms with E-state index in [1.165, 1.54) is 6.07 Å². The molecule has 0 unspecified atom stereocenters. The smallest absolute Gasteiger partial charge is 0.162 e. The van der Waals surface area contributed by atoms with Crippen LogP contribution >= 0.6 is 0 Å². The van der Waals surface area contributed by atoms with E-state index in [0.29, 0.717) is 54.9 Å². The highest BCUT2D eigenvalue weighted by Crippen LogP contribution is 2.41. The van der Waals surface area contributed by atoms with Crippen LogP contribution in [0.5, 0.6) is 0 Å². The van der Waals surface area contributed by atoms with Gasteiger partial charge in [0.25, 0.3) is 0 Å². The number of aliphatic hydroxyl groups is 1. The first-order valence-electron chi connectivity index (χ1n) is 12.7. The van der Waals surface area contributed by atoms with Crippen molar-refractivity contribution in [1.82, 2.24) is 0 Å². The number of allylic oxidation sites excluding steroid dienone is 1. The van der Waals surface area contributed by atoms with E-state index in [0.717, 1.165) is 31.2 Å². The average molecular weight is 473 g/mol. The van der Waals surface area contributed by atoms with E-state index >= 15 is 4.39 Å². The third-order valence-corrected chi connectivity index (χ3v) is 7.59. The van der Waals surface area contributed by atoms with Crippen molar-refractivity contribution in [2.24, 2.45) is 5.92 Å². The summed E-state index contributed by atoms with van der Waals surface area (Å²) in [7, 11) is 0. The zero-order chi connectivity index (χ0) is 24.1. The summed E-state index contributed by atoms with van der Waals surface area (Å²) in [6.07, 6.45) is 9.87. The second kappa shape index (κ2) is 11.5. The number of hydrogen-bond acceptors (Lipinski definition) is 2. The summed E-state index contributed by atoms with van der Waals surface area (Å²) in [5, 5.41) is 9.69. The maximum atomic E-state index is 15.0. The molecule has 0 saturated heterocycles. The molecule has 0 aliphatic heterocycles. The van der Waals surface area contributed by atoms with Gasteiger partial charge in [-0.2, -0.15) is 0 Å². The highest BCUT2D eigenvalue weighted by atomic mass is 19.2. The van der Waals surface area contributed by atoms with Crippen LogP contribution in [0.15, 0.2) is 36.4 Å². The van der Waals surface area contributed by atoms with Gasteiger partial charge in [-0.1, -0.05) is 36.4 Å². The van der Waals surface area contributed by atoms with Crippen molar-refractivity contribution in [3.05, 3.63) is 76.1 Å². The summed E-state index contributed by atoms with van der Waals surface area (Å²) < 4.78 is 49.4. The fourth-order valence-electron chi connectivity index (χ4n) is 5.46. The molecule has 2 aliphatic carbocycles. The Bertz CT molecular complexity index is 987. The molecule has 2 nitrogen and oxygen atoms in total. The SMILES string of the molecule is CCOCc1ccc(/C=C/C2CCC(c3ccc(C4CCC(O)CC4)c(F)c3F)CC2)cc1F. The van der Waals surface area contributed by atoms with Gasteiger partial charge in [-0.3, -0.25) is 0 Å². The molecule has 2 aromatic rings. The minimum atomic E-state index is -0.698. The lowest BCUT2D eigenvalue weighted by atomic mass is 9.77. The van der Waals surface area contributed by atoms with Crippen LogP contribution in [0.1, 0.15) is 92.4 Å². The van der Waals surface area contributed by atoms with Crippen LogP contribution < -0.4 is 0 Å². The molecule has 5 heteroatoms. The molecule has 2 aliphatic rings. The van der Waals surface area contributed by atoms with Gasteiger partial charge in [0, 0.05) is 12.2 Å². The summed E-state index contributed by atoms with van der Waals surface area (Å²) in [6, 6.07) is 8.74. The molecule has 2 saturated carbocycles. The van der Waals surface area contributed by atoms with Gasteiger partial charge >= 0.3 is 0 Å². The molecule has 0 radical (unpaired) electrons. The third-order valence-electron chi connectivity index (χ3n) is 7.59. The minimum absolute atomic E-state index is 0.00843. The van der Waals surface area contributed by atoms with E-state index in [4.69, 9.17) is 4.74 Å². The van der Waals surface area contributed by atoms with E-state index in [1.807, 2.05) is 19.1 Å². The third kappa shape index (κ3) is 5.92. The van der Waals surface area contributed by atoms with Gasteiger partial charge in [-0.05, 0) is 98.8 Å². The van der Waals surface area contributed by atoms with E-state index in [1.54, 1.807) is 18.2 Å². The Morgan fingerprint density at radius 2 is 1.44 bits per heavy atom. The van der Waals surface area contributed by atoms with Gasteiger partial charge in [-0.15, -0.1) is 0 Å². The van der Waals surface area contributed by atoms with Gasteiger partial charge in [0.1, 0.15) is 5.82 Å².